The number of hydrogen-bond acceptors (Lipinski definition) is 4. The maximum Gasteiger partial charge on any atom is 0.242 e. The summed E-state index contributed by atoms with van der Waals surface area (Å²) in [6, 6.07) is 8.72. The van der Waals surface area contributed by atoms with E-state index in [0.717, 1.165) is 5.56 Å². The van der Waals surface area contributed by atoms with Crippen LogP contribution >= 0.6 is 0 Å². The van der Waals surface area contributed by atoms with E-state index in [1.54, 1.807) is 7.05 Å². The monoisotopic (exact) mass is 336 g/mol. The van der Waals surface area contributed by atoms with Crippen molar-refractivity contribution in [2.45, 2.75) is 26.3 Å². The summed E-state index contributed by atoms with van der Waals surface area (Å²) >= 11 is 0. The highest BCUT2D eigenvalue weighted by Gasteiger charge is 2.20. The van der Waals surface area contributed by atoms with Gasteiger partial charge in [-0.25, -0.2) is 0 Å². The standard InChI is InChI=1S/C15H22N4O3.C2H6/c1-16-9-13(20)18-10-14(21)19-12(15(22)17-2)8-11-6-4-3-5-7-11;1-2/h3-7,12,16H,8-10H2,1-2H3,(H,17,22)(H,18,20)(H,19,21);1-2H3. The van der Waals surface area contributed by atoms with Crippen LogP contribution in [0.1, 0.15) is 19.4 Å². The molecule has 0 aliphatic heterocycles. The second-order valence-corrected chi connectivity index (χ2v) is 4.73. The fourth-order valence-electron chi connectivity index (χ4n) is 1.88. The first-order valence-corrected chi connectivity index (χ1v) is 8.03. The van der Waals surface area contributed by atoms with Gasteiger partial charge in [0.1, 0.15) is 6.04 Å². The molecule has 0 radical (unpaired) electrons. The lowest BCUT2D eigenvalue weighted by molar-refractivity contribution is -0.129. The van der Waals surface area contributed by atoms with E-state index in [2.05, 4.69) is 21.3 Å². The van der Waals surface area contributed by atoms with Crippen molar-refractivity contribution < 1.29 is 14.4 Å². The van der Waals surface area contributed by atoms with Crippen molar-refractivity contribution in [2.24, 2.45) is 0 Å². The largest absolute Gasteiger partial charge is 0.357 e. The number of rotatable bonds is 8. The van der Waals surface area contributed by atoms with Crippen molar-refractivity contribution in [2.75, 3.05) is 27.2 Å². The summed E-state index contributed by atoms with van der Waals surface area (Å²) < 4.78 is 0. The first-order valence-electron chi connectivity index (χ1n) is 8.03. The summed E-state index contributed by atoms with van der Waals surface area (Å²) in [7, 11) is 3.16. The van der Waals surface area contributed by atoms with Crippen molar-refractivity contribution in [1.82, 2.24) is 21.3 Å². The minimum atomic E-state index is -0.680. The van der Waals surface area contributed by atoms with Crippen LogP contribution in [0.4, 0.5) is 0 Å². The molecule has 1 unspecified atom stereocenters. The van der Waals surface area contributed by atoms with Gasteiger partial charge in [0.25, 0.3) is 0 Å². The third-order valence-electron chi connectivity index (χ3n) is 2.96. The van der Waals surface area contributed by atoms with Crippen LogP contribution in [0.5, 0.6) is 0 Å². The van der Waals surface area contributed by atoms with E-state index in [0.29, 0.717) is 6.42 Å². The molecule has 3 amide bonds. The van der Waals surface area contributed by atoms with Crippen molar-refractivity contribution in [3.05, 3.63) is 35.9 Å². The summed E-state index contributed by atoms with van der Waals surface area (Å²) in [5, 5.41) is 10.3. The molecule has 0 aliphatic rings. The Hall–Kier alpha value is -2.41. The molecule has 4 N–H and O–H groups in total. The molecule has 1 rings (SSSR count). The van der Waals surface area contributed by atoms with Gasteiger partial charge in [-0.1, -0.05) is 44.2 Å². The second kappa shape index (κ2) is 13.1. The number of likely N-dealkylation sites (N-methyl/N-ethyl adjacent to an activating group) is 2. The zero-order valence-corrected chi connectivity index (χ0v) is 14.8. The molecule has 24 heavy (non-hydrogen) atoms. The lowest BCUT2D eigenvalue weighted by atomic mass is 10.1. The summed E-state index contributed by atoms with van der Waals surface area (Å²) in [6.45, 7) is 3.97. The van der Waals surface area contributed by atoms with Crippen LogP contribution in [0, 0.1) is 0 Å². The van der Waals surface area contributed by atoms with Gasteiger partial charge < -0.3 is 21.3 Å². The van der Waals surface area contributed by atoms with Crippen LogP contribution in [0.25, 0.3) is 0 Å². The zero-order chi connectivity index (χ0) is 18.4. The molecule has 0 fully saturated rings. The number of carbonyl (C=O) groups is 3. The molecule has 1 atom stereocenters. The maximum atomic E-state index is 11.9. The molecule has 0 aromatic heterocycles. The van der Waals surface area contributed by atoms with Gasteiger partial charge in [0.2, 0.25) is 17.7 Å². The molecule has 0 saturated heterocycles. The Morgan fingerprint density at radius 1 is 0.958 bits per heavy atom. The second-order valence-electron chi connectivity index (χ2n) is 4.73. The van der Waals surface area contributed by atoms with Gasteiger partial charge in [-0.05, 0) is 12.6 Å². The van der Waals surface area contributed by atoms with Crippen molar-refractivity contribution in [3.63, 3.8) is 0 Å². The highest BCUT2D eigenvalue weighted by molar-refractivity contribution is 5.90. The van der Waals surface area contributed by atoms with Gasteiger partial charge in [-0.2, -0.15) is 0 Å². The number of nitrogens with one attached hydrogen (secondary N) is 4. The summed E-state index contributed by atoms with van der Waals surface area (Å²) in [6.07, 6.45) is 0.386. The van der Waals surface area contributed by atoms with Crippen LogP contribution in [-0.4, -0.2) is 50.9 Å². The summed E-state index contributed by atoms with van der Waals surface area (Å²) in [5.74, 6) is -0.968. The van der Waals surface area contributed by atoms with Crippen LogP contribution in [0.3, 0.4) is 0 Å². The number of carbonyl (C=O) groups excluding carboxylic acids is 3. The lowest BCUT2D eigenvalue weighted by Crippen LogP contribution is -2.50. The Morgan fingerprint density at radius 3 is 2.12 bits per heavy atom. The normalized spacial score (nSPS) is 10.7. The third kappa shape index (κ3) is 8.89. The first-order chi connectivity index (χ1) is 11.6. The Kier molecular flexibility index (Phi) is 11.8. The molecule has 7 heteroatoms. The quantitative estimate of drug-likeness (QED) is 0.529. The summed E-state index contributed by atoms with van der Waals surface area (Å²) in [4.78, 5) is 35.0. The SMILES string of the molecule is CC.CNCC(=O)NCC(=O)NC(Cc1ccccc1)C(=O)NC. The minimum Gasteiger partial charge on any atom is -0.357 e. The van der Waals surface area contributed by atoms with E-state index in [-0.39, 0.29) is 24.9 Å². The van der Waals surface area contributed by atoms with Crippen LogP contribution < -0.4 is 21.3 Å². The Balaban J connectivity index is 0.00000254. The molecule has 0 heterocycles. The minimum absolute atomic E-state index is 0.135. The van der Waals surface area contributed by atoms with Gasteiger partial charge >= 0.3 is 0 Å². The fourth-order valence-corrected chi connectivity index (χ4v) is 1.88. The maximum absolute atomic E-state index is 11.9. The zero-order valence-electron chi connectivity index (χ0n) is 14.8. The Labute approximate surface area is 143 Å². The fraction of sp³-hybridized carbons (Fsp3) is 0.471. The van der Waals surface area contributed by atoms with Crippen LogP contribution in [0.15, 0.2) is 30.3 Å². The summed E-state index contributed by atoms with van der Waals surface area (Å²) in [5.41, 5.74) is 0.940. The molecule has 0 saturated carbocycles. The van der Waals surface area contributed by atoms with E-state index in [1.165, 1.54) is 7.05 Å². The molecule has 1 aromatic carbocycles. The molecule has 0 bridgehead atoms. The molecule has 0 spiro atoms. The van der Waals surface area contributed by atoms with Crippen LogP contribution in [-0.2, 0) is 20.8 Å². The Bertz CT molecular complexity index is 506. The van der Waals surface area contributed by atoms with E-state index in [1.807, 2.05) is 44.2 Å². The van der Waals surface area contributed by atoms with E-state index in [9.17, 15) is 14.4 Å². The van der Waals surface area contributed by atoms with E-state index >= 15 is 0 Å². The van der Waals surface area contributed by atoms with Gasteiger partial charge in [0.05, 0.1) is 13.1 Å². The van der Waals surface area contributed by atoms with Crippen molar-refractivity contribution >= 4 is 17.7 Å². The number of amides is 3. The van der Waals surface area contributed by atoms with Crippen molar-refractivity contribution in [1.29, 1.82) is 0 Å². The molecule has 1 aromatic rings. The smallest absolute Gasteiger partial charge is 0.242 e. The van der Waals surface area contributed by atoms with Crippen molar-refractivity contribution in [3.8, 4) is 0 Å². The van der Waals surface area contributed by atoms with E-state index < -0.39 is 11.9 Å². The van der Waals surface area contributed by atoms with Gasteiger partial charge in [-0.3, -0.25) is 14.4 Å². The highest BCUT2D eigenvalue weighted by Crippen LogP contribution is 2.03. The first kappa shape index (κ1) is 21.6. The molecular weight excluding hydrogens is 308 g/mol. The predicted molar refractivity (Wildman–Crippen MR) is 94.4 cm³/mol. The Morgan fingerprint density at radius 2 is 1.58 bits per heavy atom. The molecule has 0 aliphatic carbocycles. The van der Waals surface area contributed by atoms with Gasteiger partial charge in [-0.15, -0.1) is 0 Å². The number of benzene rings is 1. The van der Waals surface area contributed by atoms with Gasteiger partial charge in [0, 0.05) is 13.5 Å². The predicted octanol–water partition coefficient (Wildman–Crippen LogP) is -0.178. The van der Waals surface area contributed by atoms with E-state index in [4.69, 9.17) is 0 Å². The topological polar surface area (TPSA) is 99.3 Å². The lowest BCUT2D eigenvalue weighted by Gasteiger charge is -2.17. The molecule has 7 nitrogen and oxygen atoms in total. The third-order valence-corrected chi connectivity index (χ3v) is 2.96. The van der Waals surface area contributed by atoms with Crippen LogP contribution in [0.2, 0.25) is 0 Å². The number of hydrogen-bond donors (Lipinski definition) is 4. The van der Waals surface area contributed by atoms with Gasteiger partial charge in [0.15, 0.2) is 0 Å². The molecule has 134 valence electrons. The average molecular weight is 336 g/mol. The highest BCUT2D eigenvalue weighted by atomic mass is 16.2. The molecular formula is C17H28N4O3. The average Bonchev–Trinajstić information content (AvgIpc) is 2.61.